The standard InChI is InChI=1S/C10H13BrN2O/c11-8-3-4-10(12-6-8)13-7-9-2-1-5-14-9/h3-4,6,9H,1-2,5,7H2,(H,12,13)/t9-/m1/s1. The minimum atomic E-state index is 0.362. The average Bonchev–Trinajstić information content (AvgIpc) is 2.70. The molecular weight excluding hydrogens is 244 g/mol. The van der Waals surface area contributed by atoms with Crippen LogP contribution in [-0.2, 0) is 4.74 Å². The molecule has 3 nitrogen and oxygen atoms in total. The van der Waals surface area contributed by atoms with Crippen LogP contribution in [-0.4, -0.2) is 24.2 Å². The molecule has 14 heavy (non-hydrogen) atoms. The van der Waals surface area contributed by atoms with Crippen molar-refractivity contribution >= 4 is 21.7 Å². The Hall–Kier alpha value is -0.610. The Morgan fingerprint density at radius 3 is 3.14 bits per heavy atom. The van der Waals surface area contributed by atoms with Crippen LogP contribution in [0.25, 0.3) is 0 Å². The van der Waals surface area contributed by atoms with E-state index in [9.17, 15) is 0 Å². The van der Waals surface area contributed by atoms with E-state index in [2.05, 4.69) is 26.2 Å². The topological polar surface area (TPSA) is 34.1 Å². The van der Waals surface area contributed by atoms with E-state index in [4.69, 9.17) is 4.74 Å². The van der Waals surface area contributed by atoms with Crippen molar-refractivity contribution in [2.45, 2.75) is 18.9 Å². The first-order valence-electron chi connectivity index (χ1n) is 4.81. The zero-order chi connectivity index (χ0) is 9.80. The number of anilines is 1. The van der Waals surface area contributed by atoms with Crippen molar-refractivity contribution in [3.8, 4) is 0 Å². The molecule has 1 atom stereocenters. The third-order valence-corrected chi connectivity index (χ3v) is 2.73. The third kappa shape index (κ3) is 2.69. The van der Waals surface area contributed by atoms with Crippen LogP contribution in [0.2, 0.25) is 0 Å². The van der Waals surface area contributed by atoms with Crippen molar-refractivity contribution in [3.63, 3.8) is 0 Å². The molecule has 0 bridgehead atoms. The predicted molar refractivity (Wildman–Crippen MR) is 59.4 cm³/mol. The summed E-state index contributed by atoms with van der Waals surface area (Å²) in [6, 6.07) is 3.93. The van der Waals surface area contributed by atoms with Crippen LogP contribution < -0.4 is 5.32 Å². The first kappa shape index (κ1) is 9.93. The summed E-state index contributed by atoms with van der Waals surface area (Å²) < 4.78 is 6.50. The van der Waals surface area contributed by atoms with Gasteiger partial charge < -0.3 is 10.1 Å². The molecular formula is C10H13BrN2O. The lowest BCUT2D eigenvalue weighted by atomic mass is 10.2. The second-order valence-electron chi connectivity index (χ2n) is 3.38. The molecule has 1 aromatic rings. The molecule has 1 saturated heterocycles. The van der Waals surface area contributed by atoms with Crippen molar-refractivity contribution in [1.82, 2.24) is 4.98 Å². The smallest absolute Gasteiger partial charge is 0.126 e. The van der Waals surface area contributed by atoms with Crippen LogP contribution in [0.15, 0.2) is 22.8 Å². The van der Waals surface area contributed by atoms with Crippen LogP contribution in [0.5, 0.6) is 0 Å². The maximum atomic E-state index is 5.50. The highest BCUT2D eigenvalue weighted by Crippen LogP contribution is 2.14. The van der Waals surface area contributed by atoms with E-state index in [0.29, 0.717) is 6.10 Å². The zero-order valence-electron chi connectivity index (χ0n) is 7.87. The van der Waals surface area contributed by atoms with E-state index in [1.165, 1.54) is 6.42 Å². The average molecular weight is 257 g/mol. The van der Waals surface area contributed by atoms with Gasteiger partial charge in [0.25, 0.3) is 0 Å². The Bertz CT molecular complexity index is 283. The molecule has 4 heteroatoms. The summed E-state index contributed by atoms with van der Waals surface area (Å²) in [6.45, 7) is 1.76. The summed E-state index contributed by atoms with van der Waals surface area (Å²) in [5.41, 5.74) is 0. The molecule has 2 heterocycles. The van der Waals surface area contributed by atoms with E-state index in [0.717, 1.165) is 29.9 Å². The zero-order valence-corrected chi connectivity index (χ0v) is 9.46. The summed E-state index contributed by atoms with van der Waals surface area (Å²) in [4.78, 5) is 4.23. The molecule has 0 aromatic carbocycles. The van der Waals surface area contributed by atoms with Crippen LogP contribution in [0.3, 0.4) is 0 Å². The highest BCUT2D eigenvalue weighted by atomic mass is 79.9. The van der Waals surface area contributed by atoms with E-state index >= 15 is 0 Å². The van der Waals surface area contributed by atoms with Gasteiger partial charge in [0.15, 0.2) is 0 Å². The van der Waals surface area contributed by atoms with E-state index in [1.54, 1.807) is 6.20 Å². The van der Waals surface area contributed by atoms with Gasteiger partial charge in [-0.3, -0.25) is 0 Å². The third-order valence-electron chi connectivity index (χ3n) is 2.26. The Balaban J connectivity index is 1.82. The first-order valence-corrected chi connectivity index (χ1v) is 5.61. The monoisotopic (exact) mass is 256 g/mol. The fourth-order valence-corrected chi connectivity index (χ4v) is 1.74. The van der Waals surface area contributed by atoms with Gasteiger partial charge in [-0.2, -0.15) is 0 Å². The lowest BCUT2D eigenvalue weighted by molar-refractivity contribution is 0.120. The number of hydrogen-bond donors (Lipinski definition) is 1. The Morgan fingerprint density at radius 2 is 2.50 bits per heavy atom. The number of halogens is 1. The van der Waals surface area contributed by atoms with Gasteiger partial charge in [-0.05, 0) is 40.9 Å². The molecule has 0 saturated carbocycles. The van der Waals surface area contributed by atoms with Crippen molar-refractivity contribution in [3.05, 3.63) is 22.8 Å². The highest BCUT2D eigenvalue weighted by Gasteiger charge is 2.14. The predicted octanol–water partition coefficient (Wildman–Crippen LogP) is 2.44. The van der Waals surface area contributed by atoms with Crippen molar-refractivity contribution in [2.24, 2.45) is 0 Å². The minimum Gasteiger partial charge on any atom is -0.376 e. The number of ether oxygens (including phenoxy) is 1. The van der Waals surface area contributed by atoms with Crippen molar-refractivity contribution < 1.29 is 4.74 Å². The molecule has 0 unspecified atom stereocenters. The highest BCUT2D eigenvalue weighted by molar-refractivity contribution is 9.10. The molecule has 0 amide bonds. The second kappa shape index (κ2) is 4.75. The van der Waals surface area contributed by atoms with E-state index in [-0.39, 0.29) is 0 Å². The van der Waals surface area contributed by atoms with Crippen LogP contribution in [0, 0.1) is 0 Å². The van der Waals surface area contributed by atoms with Gasteiger partial charge in [0, 0.05) is 23.8 Å². The van der Waals surface area contributed by atoms with Gasteiger partial charge in [-0.1, -0.05) is 0 Å². The molecule has 0 aliphatic carbocycles. The summed E-state index contributed by atoms with van der Waals surface area (Å²) >= 11 is 3.35. The number of nitrogens with zero attached hydrogens (tertiary/aromatic N) is 1. The van der Waals surface area contributed by atoms with Crippen LogP contribution >= 0.6 is 15.9 Å². The number of rotatable bonds is 3. The Labute approximate surface area is 92.0 Å². The van der Waals surface area contributed by atoms with Crippen molar-refractivity contribution in [1.29, 1.82) is 0 Å². The van der Waals surface area contributed by atoms with Crippen LogP contribution in [0.4, 0.5) is 5.82 Å². The Morgan fingerprint density at radius 1 is 1.57 bits per heavy atom. The number of aromatic nitrogens is 1. The normalized spacial score (nSPS) is 21.1. The largest absolute Gasteiger partial charge is 0.376 e. The SMILES string of the molecule is Brc1ccc(NC[C@H]2CCCO2)nc1. The lowest BCUT2D eigenvalue weighted by Crippen LogP contribution is -2.18. The molecule has 0 radical (unpaired) electrons. The van der Waals surface area contributed by atoms with Gasteiger partial charge in [0.1, 0.15) is 5.82 Å². The summed E-state index contributed by atoms with van der Waals surface area (Å²) in [5, 5.41) is 3.26. The maximum absolute atomic E-state index is 5.50. The van der Waals surface area contributed by atoms with Crippen LogP contribution in [0.1, 0.15) is 12.8 Å². The number of pyridine rings is 1. The fraction of sp³-hybridized carbons (Fsp3) is 0.500. The molecule has 1 fully saturated rings. The summed E-state index contributed by atoms with van der Waals surface area (Å²) in [7, 11) is 0. The Kier molecular flexibility index (Phi) is 3.37. The fourth-order valence-electron chi connectivity index (χ4n) is 1.50. The molecule has 1 aliphatic heterocycles. The van der Waals surface area contributed by atoms with E-state index in [1.807, 2.05) is 12.1 Å². The van der Waals surface area contributed by atoms with Gasteiger partial charge in [0.2, 0.25) is 0 Å². The molecule has 1 aliphatic rings. The number of nitrogens with one attached hydrogen (secondary N) is 1. The minimum absolute atomic E-state index is 0.362. The maximum Gasteiger partial charge on any atom is 0.126 e. The molecule has 1 aromatic heterocycles. The van der Waals surface area contributed by atoms with Crippen molar-refractivity contribution in [2.75, 3.05) is 18.5 Å². The first-order chi connectivity index (χ1) is 6.84. The number of hydrogen-bond acceptors (Lipinski definition) is 3. The molecule has 0 spiro atoms. The molecule has 1 N–H and O–H groups in total. The van der Waals surface area contributed by atoms with Gasteiger partial charge >= 0.3 is 0 Å². The summed E-state index contributed by atoms with van der Waals surface area (Å²) in [6.07, 6.45) is 4.49. The van der Waals surface area contributed by atoms with Gasteiger partial charge in [-0.15, -0.1) is 0 Å². The molecule has 2 rings (SSSR count). The van der Waals surface area contributed by atoms with Gasteiger partial charge in [0.05, 0.1) is 6.10 Å². The lowest BCUT2D eigenvalue weighted by Gasteiger charge is -2.10. The summed E-state index contributed by atoms with van der Waals surface area (Å²) in [5.74, 6) is 0.906. The van der Waals surface area contributed by atoms with E-state index < -0.39 is 0 Å². The quantitative estimate of drug-likeness (QED) is 0.903. The second-order valence-corrected chi connectivity index (χ2v) is 4.29. The molecule has 76 valence electrons. The van der Waals surface area contributed by atoms with Gasteiger partial charge in [-0.25, -0.2) is 4.98 Å².